The summed E-state index contributed by atoms with van der Waals surface area (Å²) in [7, 11) is 4.80. The molecule has 0 saturated carbocycles. The molecule has 3 amide bonds. The van der Waals surface area contributed by atoms with E-state index in [-0.39, 0.29) is 30.1 Å². The van der Waals surface area contributed by atoms with Gasteiger partial charge in [-0.15, -0.1) is 12.4 Å². The van der Waals surface area contributed by atoms with Crippen LogP contribution in [0.3, 0.4) is 0 Å². The van der Waals surface area contributed by atoms with E-state index in [0.29, 0.717) is 53.3 Å². The Morgan fingerprint density at radius 2 is 1.82 bits per heavy atom. The van der Waals surface area contributed by atoms with E-state index in [0.717, 1.165) is 5.69 Å². The van der Waals surface area contributed by atoms with E-state index in [9.17, 15) is 14.4 Å². The van der Waals surface area contributed by atoms with E-state index in [1.807, 2.05) is 45.0 Å². The number of likely N-dealkylation sites (N-methyl/N-ethyl adjacent to an activating group) is 1. The second kappa shape index (κ2) is 14.5. The molecule has 3 aromatic rings. The molecule has 3 atom stereocenters. The second-order valence-electron chi connectivity index (χ2n) is 11.6. The fourth-order valence-electron chi connectivity index (χ4n) is 5.02. The van der Waals surface area contributed by atoms with Crippen LogP contribution in [-0.2, 0) is 14.4 Å². The smallest absolute Gasteiger partial charge is 0.247 e. The number of fused-ring (bicyclic) bond motifs is 1. The molecule has 4 rings (SSSR count). The zero-order valence-electron chi connectivity index (χ0n) is 26.2. The molecule has 44 heavy (non-hydrogen) atoms. The fourth-order valence-corrected chi connectivity index (χ4v) is 5.02. The highest BCUT2D eigenvalue weighted by Crippen LogP contribution is 2.34. The van der Waals surface area contributed by atoms with Gasteiger partial charge >= 0.3 is 0 Å². The second-order valence-corrected chi connectivity index (χ2v) is 11.6. The van der Waals surface area contributed by atoms with Crippen molar-refractivity contribution in [1.29, 1.82) is 0 Å². The first-order valence-corrected chi connectivity index (χ1v) is 14.3. The molecule has 0 bridgehead atoms. The number of amides is 3. The summed E-state index contributed by atoms with van der Waals surface area (Å²) < 4.78 is 10.9. The lowest BCUT2D eigenvalue weighted by atomic mass is 9.85. The van der Waals surface area contributed by atoms with Crippen molar-refractivity contribution in [1.82, 2.24) is 25.5 Å². The van der Waals surface area contributed by atoms with Crippen LogP contribution in [0.2, 0.25) is 0 Å². The third-order valence-electron chi connectivity index (χ3n) is 7.61. The summed E-state index contributed by atoms with van der Waals surface area (Å²) in [5, 5.41) is 12.7. The third-order valence-corrected chi connectivity index (χ3v) is 7.61. The standard InChI is InChI=1S/C31H41N7O5.ClH/c1-18(32-5)28(39)37-26(31(2,3)4)30(41)38-13-9-12-24(38)29(40)36-23-15-21-22(16-25(23)43-7)33-17-34-27(21)35-19-10-8-11-20(14-19)42-6;/h8,10-11,14-18,24,26,32H,9,12-13H2,1-7H3,(H,36,40)(H,37,39)(H,33,34,35);1H. The molecule has 2 aromatic carbocycles. The third kappa shape index (κ3) is 7.67. The molecule has 2 heterocycles. The van der Waals surface area contributed by atoms with Crippen LogP contribution in [0.5, 0.6) is 11.5 Å². The van der Waals surface area contributed by atoms with Gasteiger partial charge in [0.05, 0.1) is 31.5 Å². The number of hydrogen-bond acceptors (Lipinski definition) is 9. The van der Waals surface area contributed by atoms with Gasteiger partial charge in [-0.05, 0) is 50.4 Å². The van der Waals surface area contributed by atoms with Crippen molar-refractivity contribution in [3.8, 4) is 11.5 Å². The van der Waals surface area contributed by atoms with Gasteiger partial charge in [0.2, 0.25) is 17.7 Å². The molecular weight excluding hydrogens is 586 g/mol. The number of anilines is 3. The van der Waals surface area contributed by atoms with Crippen LogP contribution in [0.1, 0.15) is 40.5 Å². The van der Waals surface area contributed by atoms with E-state index in [4.69, 9.17) is 9.47 Å². The monoisotopic (exact) mass is 627 g/mol. The topological polar surface area (TPSA) is 147 Å². The Bertz CT molecular complexity index is 1500. The van der Waals surface area contributed by atoms with Crippen LogP contribution in [0.4, 0.5) is 17.2 Å². The molecule has 1 aliphatic rings. The number of likely N-dealkylation sites (tertiary alicyclic amines) is 1. The highest BCUT2D eigenvalue weighted by atomic mass is 35.5. The van der Waals surface area contributed by atoms with Gasteiger partial charge in [0.1, 0.15) is 35.7 Å². The number of carbonyl (C=O) groups excluding carboxylic acids is 3. The van der Waals surface area contributed by atoms with Gasteiger partial charge in [0, 0.05) is 29.8 Å². The summed E-state index contributed by atoms with van der Waals surface area (Å²) in [6.07, 6.45) is 2.61. The van der Waals surface area contributed by atoms with Crippen molar-refractivity contribution in [2.75, 3.05) is 38.4 Å². The Morgan fingerprint density at radius 3 is 2.48 bits per heavy atom. The average Bonchev–Trinajstić information content (AvgIpc) is 3.49. The number of hydrogen-bond donors (Lipinski definition) is 4. The van der Waals surface area contributed by atoms with E-state index in [2.05, 4.69) is 31.2 Å². The zero-order chi connectivity index (χ0) is 31.3. The van der Waals surface area contributed by atoms with Crippen molar-refractivity contribution in [3.63, 3.8) is 0 Å². The number of halogens is 1. The van der Waals surface area contributed by atoms with Crippen molar-refractivity contribution in [3.05, 3.63) is 42.7 Å². The number of rotatable bonds is 10. The lowest BCUT2D eigenvalue weighted by Gasteiger charge is -2.36. The van der Waals surface area contributed by atoms with Crippen molar-refractivity contribution in [2.24, 2.45) is 5.41 Å². The quantitative estimate of drug-likeness (QED) is 0.263. The van der Waals surface area contributed by atoms with Crippen LogP contribution in [0, 0.1) is 5.41 Å². The Balaban J connectivity index is 0.00000529. The predicted octanol–water partition coefficient (Wildman–Crippen LogP) is 3.88. The first-order chi connectivity index (χ1) is 20.5. The van der Waals surface area contributed by atoms with Crippen LogP contribution < -0.4 is 30.7 Å². The fraction of sp³-hybridized carbons (Fsp3) is 0.452. The number of benzene rings is 2. The minimum Gasteiger partial charge on any atom is -0.497 e. The molecule has 13 heteroatoms. The molecule has 1 saturated heterocycles. The zero-order valence-corrected chi connectivity index (χ0v) is 27.0. The van der Waals surface area contributed by atoms with E-state index >= 15 is 0 Å². The summed E-state index contributed by atoms with van der Waals surface area (Å²) in [6, 6.07) is 8.95. The summed E-state index contributed by atoms with van der Waals surface area (Å²) in [5.41, 5.74) is 1.24. The normalized spacial score (nSPS) is 16.0. The van der Waals surface area contributed by atoms with Crippen molar-refractivity contribution >= 4 is 58.2 Å². The maximum atomic E-state index is 13.8. The Morgan fingerprint density at radius 1 is 1.07 bits per heavy atom. The molecule has 12 nitrogen and oxygen atoms in total. The maximum absolute atomic E-state index is 13.8. The number of carbonyl (C=O) groups is 3. The number of nitrogens with one attached hydrogen (secondary N) is 4. The molecule has 1 aromatic heterocycles. The molecule has 0 radical (unpaired) electrons. The van der Waals surface area contributed by atoms with Crippen molar-refractivity contribution in [2.45, 2.75) is 58.7 Å². The summed E-state index contributed by atoms with van der Waals surface area (Å²) in [4.78, 5) is 50.6. The van der Waals surface area contributed by atoms with Crippen LogP contribution in [-0.4, -0.2) is 78.5 Å². The number of nitrogens with zero attached hydrogens (tertiary/aromatic N) is 3. The molecular formula is C31H42ClN7O5. The molecule has 238 valence electrons. The van der Waals surface area contributed by atoms with E-state index in [1.165, 1.54) is 13.4 Å². The Hall–Kier alpha value is -4.16. The lowest BCUT2D eigenvalue weighted by Crippen LogP contribution is -2.59. The first kappa shape index (κ1) is 34.3. The van der Waals surface area contributed by atoms with Gasteiger partial charge in [-0.3, -0.25) is 14.4 Å². The van der Waals surface area contributed by atoms with Crippen LogP contribution >= 0.6 is 12.4 Å². The van der Waals surface area contributed by atoms with Crippen molar-refractivity contribution < 1.29 is 23.9 Å². The lowest BCUT2D eigenvalue weighted by molar-refractivity contribution is -0.143. The van der Waals surface area contributed by atoms with Gasteiger partial charge in [-0.1, -0.05) is 26.8 Å². The number of aromatic nitrogens is 2. The van der Waals surface area contributed by atoms with Gasteiger partial charge in [0.25, 0.3) is 0 Å². The first-order valence-electron chi connectivity index (χ1n) is 14.3. The minimum absolute atomic E-state index is 0. The molecule has 0 aliphatic carbocycles. The summed E-state index contributed by atoms with van der Waals surface area (Å²) in [6.45, 7) is 7.82. The number of methoxy groups -OCH3 is 2. The summed E-state index contributed by atoms with van der Waals surface area (Å²) in [5.74, 6) is 0.740. The van der Waals surface area contributed by atoms with E-state index in [1.54, 1.807) is 38.1 Å². The Kier molecular flexibility index (Phi) is 11.3. The number of ether oxygens (including phenoxy) is 2. The molecule has 0 spiro atoms. The Labute approximate surface area is 264 Å². The SMILES string of the molecule is CNC(C)C(=O)NC(C(=O)N1CCCC1C(=O)Nc1cc2c(Nc3cccc(OC)c3)ncnc2cc1OC)C(C)(C)C.Cl. The highest BCUT2D eigenvalue weighted by molar-refractivity contribution is 6.03. The predicted molar refractivity (Wildman–Crippen MR) is 173 cm³/mol. The maximum Gasteiger partial charge on any atom is 0.247 e. The van der Waals surface area contributed by atoms with Gasteiger partial charge in [0.15, 0.2) is 0 Å². The van der Waals surface area contributed by atoms with Crippen LogP contribution in [0.15, 0.2) is 42.7 Å². The van der Waals surface area contributed by atoms with Gasteiger partial charge in [-0.25, -0.2) is 9.97 Å². The molecule has 1 fully saturated rings. The largest absolute Gasteiger partial charge is 0.497 e. The van der Waals surface area contributed by atoms with Gasteiger partial charge < -0.3 is 35.6 Å². The molecule has 3 unspecified atom stereocenters. The highest BCUT2D eigenvalue weighted by Gasteiger charge is 2.42. The average molecular weight is 628 g/mol. The van der Waals surface area contributed by atoms with E-state index < -0.39 is 23.5 Å². The van der Waals surface area contributed by atoms with Gasteiger partial charge in [-0.2, -0.15) is 0 Å². The summed E-state index contributed by atoms with van der Waals surface area (Å²) >= 11 is 0. The molecule has 4 N–H and O–H groups in total. The van der Waals surface area contributed by atoms with Crippen LogP contribution in [0.25, 0.3) is 10.9 Å². The minimum atomic E-state index is -0.804. The molecule has 1 aliphatic heterocycles.